The Balaban J connectivity index is 0.00000182. The van der Waals surface area contributed by atoms with Crippen LogP contribution < -0.4 is 31.9 Å². The molecule has 0 fully saturated rings. The van der Waals surface area contributed by atoms with Crippen molar-refractivity contribution in [3.8, 4) is 5.75 Å². The zero-order valence-corrected chi connectivity index (χ0v) is 17.1. The van der Waals surface area contributed by atoms with Crippen molar-refractivity contribution < 1.29 is 30.7 Å². The Morgan fingerprint density at radius 2 is 1.92 bits per heavy atom. The average Bonchev–Trinajstić information content (AvgIpc) is 2.98. The Morgan fingerprint density at radius 3 is 2.64 bits per heavy atom. The van der Waals surface area contributed by atoms with E-state index in [9.17, 15) is 4.79 Å². The molecule has 1 aliphatic rings. The molecule has 0 saturated carbocycles. The lowest BCUT2D eigenvalue weighted by Gasteiger charge is -2.11. The third kappa shape index (κ3) is 3.02. The van der Waals surface area contributed by atoms with Gasteiger partial charge in [-0.15, -0.1) is 0 Å². The van der Waals surface area contributed by atoms with Crippen molar-refractivity contribution in [3.05, 3.63) is 68.2 Å². The Kier molecular flexibility index (Phi) is 5.02. The predicted octanol–water partition coefficient (Wildman–Crippen LogP) is 0.640. The Labute approximate surface area is 164 Å². The first-order valence-electron chi connectivity index (χ1n) is 7.89. The minimum absolute atomic E-state index is 0. The van der Waals surface area contributed by atoms with E-state index in [-0.39, 0.29) is 28.5 Å². The fourth-order valence-electron chi connectivity index (χ4n) is 3.36. The van der Waals surface area contributed by atoms with Crippen molar-refractivity contribution in [2.75, 3.05) is 6.61 Å². The number of hydrogen-bond donors (Lipinski definition) is 0. The molecule has 0 N–H and O–H groups in total. The molecule has 1 unspecified atom stereocenters. The molecule has 130 valence electrons. The number of hydrogen-bond acceptors (Lipinski definition) is 3. The number of ether oxygens (including phenoxy) is 1. The molecule has 4 rings (SSSR count). The van der Waals surface area contributed by atoms with Crippen LogP contribution in [-0.4, -0.2) is 6.61 Å². The molecule has 2 aromatic heterocycles. The van der Waals surface area contributed by atoms with Gasteiger partial charge in [0, 0.05) is 28.6 Å². The molecule has 6 heteroatoms. The van der Waals surface area contributed by atoms with Crippen LogP contribution in [0.25, 0.3) is 11.0 Å². The second-order valence-corrected chi connectivity index (χ2v) is 7.00. The van der Waals surface area contributed by atoms with Gasteiger partial charge in [0.25, 0.3) is 0 Å². The first kappa shape index (κ1) is 18.1. The number of rotatable bonds is 2. The molecule has 0 saturated heterocycles. The average molecular weight is 467 g/mol. The summed E-state index contributed by atoms with van der Waals surface area (Å²) in [5.74, 6) is 1.13. The summed E-state index contributed by atoms with van der Waals surface area (Å²) in [6.07, 6.45) is 4.12. The highest BCUT2D eigenvalue weighted by atomic mass is 79.9. The minimum Gasteiger partial charge on any atom is -1.00 e. The van der Waals surface area contributed by atoms with Crippen LogP contribution in [0.5, 0.6) is 5.75 Å². The summed E-state index contributed by atoms with van der Waals surface area (Å²) >= 11 is 3.33. The standard InChI is InChI=1S/C19H17BrNO3.BrH/c1-11-14-8-15-13(9-21-6-4-3-5-7-21)10-23-17(15)12(2)18(14)24-19(22)16(11)20;/h3-8,13H,9-10H2,1-2H3;1H/q+1;/p-1. The highest BCUT2D eigenvalue weighted by Gasteiger charge is 2.31. The molecular formula is C19H17Br2NO3. The van der Waals surface area contributed by atoms with E-state index in [1.54, 1.807) is 0 Å². The van der Waals surface area contributed by atoms with E-state index in [1.165, 1.54) is 5.56 Å². The molecule has 0 amide bonds. The van der Waals surface area contributed by atoms with Crippen LogP contribution >= 0.6 is 15.9 Å². The van der Waals surface area contributed by atoms with E-state index in [0.717, 1.165) is 28.8 Å². The smallest absolute Gasteiger partial charge is 0.350 e. The number of fused-ring (bicyclic) bond motifs is 2. The lowest BCUT2D eigenvalue weighted by Crippen LogP contribution is -3.00. The highest BCUT2D eigenvalue weighted by molar-refractivity contribution is 9.10. The summed E-state index contributed by atoms with van der Waals surface area (Å²) in [5, 5.41) is 0.964. The maximum Gasteiger partial charge on any atom is 0.350 e. The van der Waals surface area contributed by atoms with Gasteiger partial charge in [0.2, 0.25) is 0 Å². The van der Waals surface area contributed by atoms with E-state index in [4.69, 9.17) is 9.15 Å². The highest BCUT2D eigenvalue weighted by Crippen LogP contribution is 2.41. The zero-order chi connectivity index (χ0) is 16.8. The second-order valence-electron chi connectivity index (χ2n) is 6.21. The summed E-state index contributed by atoms with van der Waals surface area (Å²) in [5.41, 5.74) is 3.26. The van der Waals surface area contributed by atoms with Gasteiger partial charge in [-0.3, -0.25) is 0 Å². The maximum atomic E-state index is 12.0. The quantitative estimate of drug-likeness (QED) is 0.411. The molecule has 0 bridgehead atoms. The fraction of sp³-hybridized carbons (Fsp3) is 0.263. The Bertz CT molecular complexity index is 999. The molecule has 4 nitrogen and oxygen atoms in total. The largest absolute Gasteiger partial charge is 1.00 e. The number of aromatic nitrogens is 1. The summed E-state index contributed by atoms with van der Waals surface area (Å²) in [7, 11) is 0. The fourth-order valence-corrected chi connectivity index (χ4v) is 3.65. The lowest BCUT2D eigenvalue weighted by molar-refractivity contribution is -0.699. The number of nitrogens with zero attached hydrogens (tertiary/aromatic N) is 1. The Hall–Kier alpha value is -1.66. The first-order chi connectivity index (χ1) is 11.6. The Morgan fingerprint density at radius 1 is 1.20 bits per heavy atom. The molecule has 1 aliphatic heterocycles. The van der Waals surface area contributed by atoms with Crippen LogP contribution in [0.3, 0.4) is 0 Å². The van der Waals surface area contributed by atoms with Crippen LogP contribution in [0.2, 0.25) is 0 Å². The van der Waals surface area contributed by atoms with Gasteiger partial charge in [0.15, 0.2) is 18.9 Å². The zero-order valence-electron chi connectivity index (χ0n) is 13.9. The van der Waals surface area contributed by atoms with Crippen LogP contribution in [0.4, 0.5) is 0 Å². The van der Waals surface area contributed by atoms with Gasteiger partial charge in [-0.1, -0.05) is 6.07 Å². The first-order valence-corrected chi connectivity index (χ1v) is 8.69. The van der Waals surface area contributed by atoms with Gasteiger partial charge in [-0.05, 0) is 41.4 Å². The van der Waals surface area contributed by atoms with Crippen LogP contribution in [-0.2, 0) is 6.54 Å². The normalized spacial score (nSPS) is 15.6. The summed E-state index contributed by atoms with van der Waals surface area (Å²) in [6.45, 7) is 5.38. The SMILES string of the molecule is Cc1c(Br)c(=O)oc2c(C)c3c(cc12)C(C[n+]1ccccc1)CO3.[Br-]. The third-order valence-electron chi connectivity index (χ3n) is 4.67. The molecule has 0 radical (unpaired) electrons. The van der Waals surface area contributed by atoms with E-state index in [1.807, 2.05) is 32.0 Å². The summed E-state index contributed by atoms with van der Waals surface area (Å²) < 4.78 is 14.1. The molecule has 3 aromatic rings. The van der Waals surface area contributed by atoms with Crippen molar-refractivity contribution in [2.24, 2.45) is 0 Å². The second kappa shape index (κ2) is 6.92. The maximum absolute atomic E-state index is 12.0. The van der Waals surface area contributed by atoms with Gasteiger partial charge in [0.1, 0.15) is 22.4 Å². The number of aryl methyl sites for hydroxylation is 2. The number of halogens is 2. The van der Waals surface area contributed by atoms with E-state index < -0.39 is 0 Å². The van der Waals surface area contributed by atoms with Gasteiger partial charge in [-0.2, -0.15) is 0 Å². The van der Waals surface area contributed by atoms with Crippen molar-refractivity contribution in [1.82, 2.24) is 0 Å². The number of benzene rings is 1. The summed E-state index contributed by atoms with van der Waals surface area (Å²) in [4.78, 5) is 12.0. The monoisotopic (exact) mass is 465 g/mol. The van der Waals surface area contributed by atoms with E-state index in [2.05, 4.69) is 39.0 Å². The van der Waals surface area contributed by atoms with E-state index >= 15 is 0 Å². The molecule has 3 heterocycles. The van der Waals surface area contributed by atoms with Gasteiger partial charge in [-0.25, -0.2) is 9.36 Å². The lowest BCUT2D eigenvalue weighted by atomic mass is 9.95. The number of pyridine rings is 1. The molecule has 0 spiro atoms. The molecule has 1 atom stereocenters. The minimum atomic E-state index is -0.350. The van der Waals surface area contributed by atoms with Crippen molar-refractivity contribution >= 4 is 26.9 Å². The van der Waals surface area contributed by atoms with Crippen LogP contribution in [0.1, 0.15) is 22.6 Å². The van der Waals surface area contributed by atoms with Crippen molar-refractivity contribution in [2.45, 2.75) is 26.3 Å². The molecule has 1 aromatic carbocycles. The van der Waals surface area contributed by atoms with Crippen LogP contribution in [0, 0.1) is 13.8 Å². The third-order valence-corrected chi connectivity index (χ3v) is 5.59. The van der Waals surface area contributed by atoms with Crippen LogP contribution in [0.15, 0.2) is 50.3 Å². The molecule has 25 heavy (non-hydrogen) atoms. The van der Waals surface area contributed by atoms with Crippen molar-refractivity contribution in [1.29, 1.82) is 0 Å². The predicted molar refractivity (Wildman–Crippen MR) is 94.5 cm³/mol. The summed E-state index contributed by atoms with van der Waals surface area (Å²) in [6, 6.07) is 8.18. The molecule has 0 aliphatic carbocycles. The van der Waals surface area contributed by atoms with Gasteiger partial charge < -0.3 is 26.1 Å². The van der Waals surface area contributed by atoms with E-state index in [0.29, 0.717) is 16.7 Å². The van der Waals surface area contributed by atoms with Gasteiger partial charge in [0.05, 0.1) is 5.92 Å². The topological polar surface area (TPSA) is 43.3 Å². The van der Waals surface area contributed by atoms with Gasteiger partial charge >= 0.3 is 5.63 Å². The van der Waals surface area contributed by atoms with Crippen molar-refractivity contribution in [3.63, 3.8) is 0 Å². The molecular weight excluding hydrogens is 450 g/mol.